The van der Waals surface area contributed by atoms with Crippen LogP contribution in [-0.2, 0) is 19.0 Å². The molecule has 0 bridgehead atoms. The van der Waals surface area contributed by atoms with Crippen LogP contribution < -0.4 is 0 Å². The van der Waals surface area contributed by atoms with E-state index in [0.29, 0.717) is 19.6 Å². The molecule has 0 aromatic carbocycles. The molecule has 3 fully saturated rings. The second kappa shape index (κ2) is 4.42. The van der Waals surface area contributed by atoms with Crippen molar-refractivity contribution in [2.24, 2.45) is 0 Å². The fourth-order valence-electron chi connectivity index (χ4n) is 2.84. The number of cyclic esters (lactones) is 1. The van der Waals surface area contributed by atoms with Gasteiger partial charge < -0.3 is 14.2 Å². The van der Waals surface area contributed by atoms with Crippen LogP contribution in [0.5, 0.6) is 0 Å². The highest BCUT2D eigenvalue weighted by molar-refractivity contribution is 5.90. The van der Waals surface area contributed by atoms with E-state index >= 15 is 0 Å². The standard InChI is InChI=1S/C13H18O4/c14-12-10(4-7-15-12)8-11-9-16-13(17-11)5-2-1-3-6-13/h8,11H,1-7,9H2/b10-8+/t11-/m0/s1. The van der Waals surface area contributed by atoms with Gasteiger partial charge in [-0.15, -0.1) is 0 Å². The fourth-order valence-corrected chi connectivity index (χ4v) is 2.84. The molecular weight excluding hydrogens is 220 g/mol. The van der Waals surface area contributed by atoms with Gasteiger partial charge in [-0.1, -0.05) is 6.42 Å². The van der Waals surface area contributed by atoms with Gasteiger partial charge in [-0.25, -0.2) is 4.79 Å². The smallest absolute Gasteiger partial charge is 0.333 e. The fraction of sp³-hybridized carbons (Fsp3) is 0.769. The maximum absolute atomic E-state index is 11.3. The molecule has 0 unspecified atom stereocenters. The Morgan fingerprint density at radius 2 is 2.06 bits per heavy atom. The third kappa shape index (κ3) is 2.24. The predicted molar refractivity (Wildman–Crippen MR) is 60.3 cm³/mol. The van der Waals surface area contributed by atoms with Gasteiger partial charge in [-0.05, 0) is 18.9 Å². The molecule has 17 heavy (non-hydrogen) atoms. The summed E-state index contributed by atoms with van der Waals surface area (Å²) in [7, 11) is 0. The zero-order valence-corrected chi connectivity index (χ0v) is 9.94. The summed E-state index contributed by atoms with van der Waals surface area (Å²) >= 11 is 0. The van der Waals surface area contributed by atoms with Gasteiger partial charge in [0, 0.05) is 24.8 Å². The summed E-state index contributed by atoms with van der Waals surface area (Å²) in [5.74, 6) is -0.555. The maximum Gasteiger partial charge on any atom is 0.333 e. The van der Waals surface area contributed by atoms with Crippen LogP contribution in [-0.4, -0.2) is 31.1 Å². The Labute approximate surface area is 101 Å². The van der Waals surface area contributed by atoms with Crippen molar-refractivity contribution in [1.29, 1.82) is 0 Å². The lowest BCUT2D eigenvalue weighted by Gasteiger charge is -2.31. The molecule has 2 heterocycles. The Kier molecular flexibility index (Phi) is 2.92. The van der Waals surface area contributed by atoms with Gasteiger partial charge in [0.2, 0.25) is 0 Å². The summed E-state index contributed by atoms with van der Waals surface area (Å²) in [6, 6.07) is 0. The number of hydrogen-bond acceptors (Lipinski definition) is 4. The van der Waals surface area contributed by atoms with Gasteiger partial charge in [0.25, 0.3) is 0 Å². The van der Waals surface area contributed by atoms with E-state index in [4.69, 9.17) is 14.2 Å². The lowest BCUT2D eigenvalue weighted by atomic mass is 9.94. The van der Waals surface area contributed by atoms with Crippen LogP contribution in [0.4, 0.5) is 0 Å². The molecule has 2 saturated heterocycles. The highest BCUT2D eigenvalue weighted by Gasteiger charge is 2.41. The average Bonchev–Trinajstić information content (AvgIpc) is 2.90. The first-order valence-electron chi connectivity index (χ1n) is 6.47. The second-order valence-electron chi connectivity index (χ2n) is 5.02. The van der Waals surface area contributed by atoms with E-state index in [1.54, 1.807) is 0 Å². The Bertz CT molecular complexity index is 341. The van der Waals surface area contributed by atoms with E-state index in [-0.39, 0.29) is 17.9 Å². The summed E-state index contributed by atoms with van der Waals surface area (Å²) in [4.78, 5) is 11.3. The van der Waals surface area contributed by atoms with Crippen LogP contribution in [0.2, 0.25) is 0 Å². The SMILES string of the molecule is O=C1OCC/C1=C\[C@H]1COC2(CCCCC2)O1. The maximum atomic E-state index is 11.3. The predicted octanol–water partition coefficient (Wildman–Crippen LogP) is 1.94. The zero-order valence-electron chi connectivity index (χ0n) is 9.94. The van der Waals surface area contributed by atoms with Crippen molar-refractivity contribution in [3.8, 4) is 0 Å². The van der Waals surface area contributed by atoms with E-state index in [1.165, 1.54) is 19.3 Å². The van der Waals surface area contributed by atoms with Crippen molar-refractivity contribution < 1.29 is 19.0 Å². The molecule has 1 atom stereocenters. The van der Waals surface area contributed by atoms with Gasteiger partial charge in [0.05, 0.1) is 13.2 Å². The quantitative estimate of drug-likeness (QED) is 0.517. The van der Waals surface area contributed by atoms with Crippen molar-refractivity contribution in [3.63, 3.8) is 0 Å². The lowest BCUT2D eigenvalue weighted by molar-refractivity contribution is -0.183. The van der Waals surface area contributed by atoms with Crippen LogP contribution in [0.25, 0.3) is 0 Å². The Morgan fingerprint density at radius 1 is 1.24 bits per heavy atom. The van der Waals surface area contributed by atoms with Crippen LogP contribution in [0.15, 0.2) is 11.6 Å². The topological polar surface area (TPSA) is 44.8 Å². The molecular formula is C13H18O4. The Balaban J connectivity index is 1.65. The van der Waals surface area contributed by atoms with Crippen molar-refractivity contribution in [3.05, 3.63) is 11.6 Å². The molecule has 0 aromatic heterocycles. The van der Waals surface area contributed by atoms with E-state index < -0.39 is 0 Å². The first kappa shape index (κ1) is 11.2. The summed E-state index contributed by atoms with van der Waals surface area (Å²) in [6.45, 7) is 1.07. The molecule has 0 aromatic rings. The molecule has 3 rings (SSSR count). The number of esters is 1. The molecule has 4 nitrogen and oxygen atoms in total. The minimum absolute atomic E-state index is 0.0752. The highest BCUT2D eigenvalue weighted by atomic mass is 16.7. The van der Waals surface area contributed by atoms with Gasteiger partial charge in [0.1, 0.15) is 6.10 Å². The van der Waals surface area contributed by atoms with E-state index in [2.05, 4.69) is 0 Å². The van der Waals surface area contributed by atoms with E-state index in [0.717, 1.165) is 18.4 Å². The normalized spacial score (nSPS) is 34.5. The van der Waals surface area contributed by atoms with Crippen molar-refractivity contribution in [1.82, 2.24) is 0 Å². The van der Waals surface area contributed by atoms with Crippen LogP contribution in [0, 0.1) is 0 Å². The van der Waals surface area contributed by atoms with E-state index in [9.17, 15) is 4.79 Å². The molecule has 0 N–H and O–H groups in total. The van der Waals surface area contributed by atoms with Gasteiger partial charge in [0.15, 0.2) is 5.79 Å². The van der Waals surface area contributed by atoms with Gasteiger partial charge in [-0.2, -0.15) is 0 Å². The lowest BCUT2D eigenvalue weighted by Crippen LogP contribution is -2.33. The molecule has 1 saturated carbocycles. The molecule has 94 valence electrons. The Hall–Kier alpha value is -0.870. The van der Waals surface area contributed by atoms with Crippen molar-refractivity contribution >= 4 is 5.97 Å². The first-order valence-corrected chi connectivity index (χ1v) is 6.47. The Morgan fingerprint density at radius 3 is 2.76 bits per heavy atom. The zero-order chi connectivity index (χ0) is 11.7. The number of carbonyl (C=O) groups excluding carboxylic acids is 1. The first-order chi connectivity index (χ1) is 8.27. The molecule has 3 aliphatic rings. The highest BCUT2D eigenvalue weighted by Crippen LogP contribution is 2.38. The van der Waals surface area contributed by atoms with Gasteiger partial charge >= 0.3 is 5.97 Å². The van der Waals surface area contributed by atoms with Crippen molar-refractivity contribution in [2.45, 2.75) is 50.4 Å². The monoisotopic (exact) mass is 238 g/mol. The van der Waals surface area contributed by atoms with Gasteiger partial charge in [-0.3, -0.25) is 0 Å². The van der Waals surface area contributed by atoms with E-state index in [1.807, 2.05) is 6.08 Å². The molecule has 0 radical (unpaired) electrons. The van der Waals surface area contributed by atoms with Crippen LogP contribution in [0.3, 0.4) is 0 Å². The number of ether oxygens (including phenoxy) is 3. The third-order valence-electron chi connectivity index (χ3n) is 3.75. The summed E-state index contributed by atoms with van der Waals surface area (Å²) in [5.41, 5.74) is 0.742. The third-order valence-corrected chi connectivity index (χ3v) is 3.75. The largest absolute Gasteiger partial charge is 0.462 e. The molecule has 4 heteroatoms. The average molecular weight is 238 g/mol. The second-order valence-corrected chi connectivity index (χ2v) is 5.02. The summed E-state index contributed by atoms with van der Waals surface area (Å²) < 4.78 is 16.7. The number of rotatable bonds is 1. The molecule has 0 amide bonds. The van der Waals surface area contributed by atoms with Crippen molar-refractivity contribution in [2.75, 3.05) is 13.2 Å². The van der Waals surface area contributed by atoms with Crippen LogP contribution in [0.1, 0.15) is 38.5 Å². The minimum Gasteiger partial charge on any atom is -0.462 e. The molecule has 1 spiro atoms. The summed E-state index contributed by atoms with van der Waals surface area (Å²) in [6.07, 6.45) is 8.09. The molecule has 2 aliphatic heterocycles. The number of carbonyl (C=O) groups is 1. The minimum atomic E-state index is -0.359. The van der Waals surface area contributed by atoms with Crippen LogP contribution >= 0.6 is 0 Å². The summed E-state index contributed by atoms with van der Waals surface area (Å²) in [5, 5.41) is 0. The number of hydrogen-bond donors (Lipinski definition) is 0. The molecule has 1 aliphatic carbocycles.